The van der Waals surface area contributed by atoms with Crippen molar-refractivity contribution in [2.75, 3.05) is 5.32 Å². The Morgan fingerprint density at radius 3 is 3.13 bits per heavy atom. The van der Waals surface area contributed by atoms with Crippen LogP contribution in [0, 0.1) is 0 Å². The Hall–Kier alpha value is -2.23. The second-order valence-electron chi connectivity index (χ2n) is 2.99. The zero-order chi connectivity index (χ0) is 10.7. The summed E-state index contributed by atoms with van der Waals surface area (Å²) in [4.78, 5) is 19.0. The molecule has 0 bridgehead atoms. The Labute approximate surface area is 86.7 Å². The zero-order valence-corrected chi connectivity index (χ0v) is 7.97. The maximum absolute atomic E-state index is 11.1. The number of carbonyl (C=O) groups excluding carboxylic acids is 1. The van der Waals surface area contributed by atoms with Crippen molar-refractivity contribution >= 4 is 22.5 Å². The molecule has 1 amide bonds. The van der Waals surface area contributed by atoms with Gasteiger partial charge < -0.3 is 5.32 Å². The van der Waals surface area contributed by atoms with E-state index in [9.17, 15) is 4.79 Å². The molecule has 0 atom stereocenters. The van der Waals surface area contributed by atoms with Crippen molar-refractivity contribution in [1.29, 1.82) is 0 Å². The van der Waals surface area contributed by atoms with Gasteiger partial charge in [0, 0.05) is 17.3 Å². The average molecular weight is 199 g/mol. The van der Waals surface area contributed by atoms with Crippen LogP contribution in [0.25, 0.3) is 10.9 Å². The van der Waals surface area contributed by atoms with Crippen molar-refractivity contribution in [3.63, 3.8) is 0 Å². The Kier molecular flexibility index (Phi) is 2.41. The average Bonchev–Trinajstić information content (AvgIpc) is 2.29. The predicted molar refractivity (Wildman–Crippen MR) is 58.4 cm³/mol. The van der Waals surface area contributed by atoms with E-state index in [1.54, 1.807) is 12.3 Å². The van der Waals surface area contributed by atoms with Crippen LogP contribution in [-0.4, -0.2) is 15.9 Å². The summed E-state index contributed by atoms with van der Waals surface area (Å²) in [5, 5.41) is 3.56. The molecule has 0 aliphatic rings. The summed E-state index contributed by atoms with van der Waals surface area (Å²) in [6, 6.07) is 5.43. The smallest absolute Gasteiger partial charge is 0.247 e. The van der Waals surface area contributed by atoms with Crippen LogP contribution >= 0.6 is 0 Å². The molecular formula is C11H9N3O. The van der Waals surface area contributed by atoms with E-state index in [1.807, 2.05) is 12.1 Å². The monoisotopic (exact) mass is 199 g/mol. The second-order valence-corrected chi connectivity index (χ2v) is 2.99. The van der Waals surface area contributed by atoms with Gasteiger partial charge in [-0.2, -0.15) is 0 Å². The SMILES string of the molecule is C=CC(=O)Nc1ccc2ncncc2c1. The Morgan fingerprint density at radius 1 is 1.47 bits per heavy atom. The lowest BCUT2D eigenvalue weighted by Crippen LogP contribution is -2.06. The highest BCUT2D eigenvalue weighted by molar-refractivity contribution is 6.00. The van der Waals surface area contributed by atoms with Gasteiger partial charge >= 0.3 is 0 Å². The molecule has 0 unspecified atom stereocenters. The molecule has 0 radical (unpaired) electrons. The number of carbonyl (C=O) groups is 1. The maximum atomic E-state index is 11.1. The molecule has 2 rings (SSSR count). The number of fused-ring (bicyclic) bond motifs is 1. The molecule has 1 aromatic carbocycles. The molecule has 0 spiro atoms. The van der Waals surface area contributed by atoms with Crippen molar-refractivity contribution in [3.8, 4) is 0 Å². The molecule has 1 heterocycles. The molecule has 0 saturated heterocycles. The summed E-state index contributed by atoms with van der Waals surface area (Å²) < 4.78 is 0. The van der Waals surface area contributed by atoms with Crippen LogP contribution in [0.3, 0.4) is 0 Å². The molecule has 0 saturated carbocycles. The highest BCUT2D eigenvalue weighted by atomic mass is 16.1. The van der Waals surface area contributed by atoms with E-state index in [-0.39, 0.29) is 5.91 Å². The molecule has 1 aromatic heterocycles. The number of amides is 1. The third-order valence-electron chi connectivity index (χ3n) is 1.96. The summed E-state index contributed by atoms with van der Waals surface area (Å²) in [6.07, 6.45) is 4.42. The number of aromatic nitrogens is 2. The van der Waals surface area contributed by atoms with E-state index >= 15 is 0 Å². The van der Waals surface area contributed by atoms with Crippen LogP contribution in [0.1, 0.15) is 0 Å². The predicted octanol–water partition coefficient (Wildman–Crippen LogP) is 1.75. The number of nitrogens with zero attached hydrogens (tertiary/aromatic N) is 2. The topological polar surface area (TPSA) is 54.9 Å². The third-order valence-corrected chi connectivity index (χ3v) is 1.96. The fraction of sp³-hybridized carbons (Fsp3) is 0. The Balaban J connectivity index is 2.38. The van der Waals surface area contributed by atoms with Gasteiger partial charge in [0.15, 0.2) is 0 Å². The lowest BCUT2D eigenvalue weighted by molar-refractivity contribution is -0.111. The van der Waals surface area contributed by atoms with Crippen LogP contribution in [0.4, 0.5) is 5.69 Å². The molecule has 15 heavy (non-hydrogen) atoms. The third kappa shape index (κ3) is 1.99. The molecule has 0 aliphatic heterocycles. The largest absolute Gasteiger partial charge is 0.323 e. The standard InChI is InChI=1S/C11H9N3O/c1-2-11(15)14-9-3-4-10-8(5-9)6-12-7-13-10/h2-7H,1H2,(H,14,15). The number of hydrogen-bond donors (Lipinski definition) is 1. The van der Waals surface area contributed by atoms with E-state index < -0.39 is 0 Å². The number of rotatable bonds is 2. The number of nitrogens with one attached hydrogen (secondary N) is 1. The van der Waals surface area contributed by atoms with E-state index in [2.05, 4.69) is 21.9 Å². The highest BCUT2D eigenvalue weighted by Crippen LogP contribution is 2.15. The molecule has 74 valence electrons. The normalized spacial score (nSPS) is 9.87. The van der Waals surface area contributed by atoms with Gasteiger partial charge in [-0.1, -0.05) is 6.58 Å². The quantitative estimate of drug-likeness (QED) is 0.750. The van der Waals surface area contributed by atoms with Crippen molar-refractivity contribution in [1.82, 2.24) is 9.97 Å². The van der Waals surface area contributed by atoms with Gasteiger partial charge in [0.1, 0.15) is 6.33 Å². The second kappa shape index (κ2) is 3.88. The molecule has 0 aliphatic carbocycles. The van der Waals surface area contributed by atoms with Gasteiger partial charge in [0.25, 0.3) is 0 Å². The van der Waals surface area contributed by atoms with Gasteiger partial charge in [0.05, 0.1) is 5.52 Å². The molecule has 1 N–H and O–H groups in total. The minimum Gasteiger partial charge on any atom is -0.323 e. The van der Waals surface area contributed by atoms with Gasteiger partial charge in [-0.3, -0.25) is 4.79 Å². The fourth-order valence-electron chi connectivity index (χ4n) is 1.26. The summed E-state index contributed by atoms with van der Waals surface area (Å²) in [6.45, 7) is 3.38. The minimum absolute atomic E-state index is 0.230. The Morgan fingerprint density at radius 2 is 2.33 bits per heavy atom. The van der Waals surface area contributed by atoms with Crippen molar-refractivity contribution in [2.24, 2.45) is 0 Å². The van der Waals surface area contributed by atoms with E-state index in [0.29, 0.717) is 5.69 Å². The van der Waals surface area contributed by atoms with Crippen LogP contribution in [-0.2, 0) is 4.79 Å². The van der Waals surface area contributed by atoms with Crippen molar-refractivity contribution in [2.45, 2.75) is 0 Å². The first-order chi connectivity index (χ1) is 7.29. The van der Waals surface area contributed by atoms with Gasteiger partial charge in [0.2, 0.25) is 5.91 Å². The summed E-state index contributed by atoms with van der Waals surface area (Å²) in [7, 11) is 0. The van der Waals surface area contributed by atoms with Gasteiger partial charge in [-0.05, 0) is 24.3 Å². The van der Waals surface area contributed by atoms with Gasteiger partial charge in [-0.15, -0.1) is 0 Å². The van der Waals surface area contributed by atoms with Gasteiger partial charge in [-0.25, -0.2) is 9.97 Å². The number of anilines is 1. The summed E-state index contributed by atoms with van der Waals surface area (Å²) in [5.74, 6) is -0.230. The van der Waals surface area contributed by atoms with Crippen molar-refractivity contribution < 1.29 is 4.79 Å². The molecule has 4 heteroatoms. The van der Waals surface area contributed by atoms with E-state index in [1.165, 1.54) is 12.4 Å². The Bertz CT molecular complexity index is 522. The van der Waals surface area contributed by atoms with Crippen LogP contribution < -0.4 is 5.32 Å². The molecular weight excluding hydrogens is 190 g/mol. The lowest BCUT2D eigenvalue weighted by Gasteiger charge is -2.02. The number of hydrogen-bond acceptors (Lipinski definition) is 3. The van der Waals surface area contributed by atoms with Crippen LogP contribution in [0.2, 0.25) is 0 Å². The van der Waals surface area contributed by atoms with E-state index in [4.69, 9.17) is 0 Å². The minimum atomic E-state index is -0.230. The van der Waals surface area contributed by atoms with Crippen LogP contribution in [0.15, 0.2) is 43.4 Å². The fourth-order valence-corrected chi connectivity index (χ4v) is 1.26. The zero-order valence-electron chi connectivity index (χ0n) is 7.97. The first-order valence-corrected chi connectivity index (χ1v) is 4.43. The first-order valence-electron chi connectivity index (χ1n) is 4.43. The van der Waals surface area contributed by atoms with E-state index in [0.717, 1.165) is 10.9 Å². The van der Waals surface area contributed by atoms with Crippen molar-refractivity contribution in [3.05, 3.63) is 43.4 Å². The van der Waals surface area contributed by atoms with Crippen LogP contribution in [0.5, 0.6) is 0 Å². The summed E-state index contributed by atoms with van der Waals surface area (Å²) >= 11 is 0. The number of benzene rings is 1. The molecule has 4 nitrogen and oxygen atoms in total. The lowest BCUT2D eigenvalue weighted by atomic mass is 10.2. The maximum Gasteiger partial charge on any atom is 0.247 e. The first kappa shape index (κ1) is 9.33. The summed E-state index contributed by atoms with van der Waals surface area (Å²) in [5.41, 5.74) is 1.56. The molecule has 0 fully saturated rings. The molecule has 2 aromatic rings. The highest BCUT2D eigenvalue weighted by Gasteiger charge is 1.99.